The average Bonchev–Trinajstić information content (AvgIpc) is 4.06. The van der Waals surface area contributed by atoms with Gasteiger partial charge < -0.3 is 4.57 Å². The molecule has 6 nitrogen and oxygen atoms in total. The number of pyridine rings is 1. The minimum Gasteiger partial charge on any atom is -0.309 e. The van der Waals surface area contributed by atoms with Gasteiger partial charge in [0.1, 0.15) is 0 Å². The Hall–Kier alpha value is -10.0. The van der Waals surface area contributed by atoms with Crippen LogP contribution in [0.25, 0.3) is 134 Å². The predicted octanol–water partition coefficient (Wildman–Crippen LogP) is 17.1. The normalized spacial score (nSPS) is 11.5. The molecule has 10 aromatic carbocycles. The summed E-state index contributed by atoms with van der Waals surface area (Å²) in [4.78, 5) is 21.2. The fourth-order valence-electron chi connectivity index (χ4n) is 10.8. The SMILES string of the molecule is c1ccc(-c2cccc(-c3cc(-c4cccc(-n5c6ccccc6c6c7c8ccccc8n(-c8nc(-c9ccccc9)nc(-c9ccccc9-c9ccccc9)n8)c7ccc65)c4)cc(-c4ccccc4)n3)c2)cc1. The minimum absolute atomic E-state index is 0.553. The third-order valence-electron chi connectivity index (χ3n) is 14.2. The molecule has 0 amide bonds. The lowest BCUT2D eigenvalue weighted by atomic mass is 9.97. The van der Waals surface area contributed by atoms with Gasteiger partial charge in [0, 0.05) is 49.5 Å². The predicted molar refractivity (Wildman–Crippen MR) is 304 cm³/mol. The quantitative estimate of drug-likeness (QED) is 0.145. The first-order valence-electron chi connectivity index (χ1n) is 25.0. The number of hydrogen-bond acceptors (Lipinski definition) is 4. The number of fused-ring (bicyclic) bond motifs is 7. The first-order valence-corrected chi connectivity index (χ1v) is 25.0. The highest BCUT2D eigenvalue weighted by Crippen LogP contribution is 2.43. The summed E-state index contributed by atoms with van der Waals surface area (Å²) in [6, 6.07) is 94.0. The number of benzene rings is 10. The number of nitrogens with zero attached hydrogens (tertiary/aromatic N) is 6. The van der Waals surface area contributed by atoms with Crippen molar-refractivity contribution in [3.05, 3.63) is 267 Å². The summed E-state index contributed by atoms with van der Waals surface area (Å²) in [5, 5.41) is 4.59. The van der Waals surface area contributed by atoms with E-state index in [1.165, 1.54) is 10.9 Å². The molecular formula is C68H44N6. The Kier molecular flexibility index (Phi) is 10.4. The lowest BCUT2D eigenvalue weighted by Gasteiger charge is -2.14. The highest BCUT2D eigenvalue weighted by Gasteiger charge is 2.24. The number of aromatic nitrogens is 6. The zero-order valence-electron chi connectivity index (χ0n) is 40.1. The molecule has 0 fully saturated rings. The van der Waals surface area contributed by atoms with Gasteiger partial charge >= 0.3 is 0 Å². The van der Waals surface area contributed by atoms with Crippen molar-refractivity contribution in [1.29, 1.82) is 0 Å². The molecule has 0 saturated heterocycles. The zero-order valence-corrected chi connectivity index (χ0v) is 40.1. The van der Waals surface area contributed by atoms with Crippen molar-refractivity contribution in [1.82, 2.24) is 29.1 Å². The molecule has 6 heteroatoms. The molecule has 14 rings (SSSR count). The molecule has 346 valence electrons. The van der Waals surface area contributed by atoms with Crippen LogP contribution in [-0.4, -0.2) is 29.1 Å². The first-order chi connectivity index (χ1) is 36.7. The first kappa shape index (κ1) is 42.8. The van der Waals surface area contributed by atoms with Gasteiger partial charge in [-0.2, -0.15) is 9.97 Å². The fraction of sp³-hybridized carbons (Fsp3) is 0. The van der Waals surface area contributed by atoms with E-state index < -0.39 is 0 Å². The van der Waals surface area contributed by atoms with Crippen molar-refractivity contribution >= 4 is 43.6 Å². The van der Waals surface area contributed by atoms with E-state index in [-0.39, 0.29) is 0 Å². The Morgan fingerprint density at radius 2 is 0.716 bits per heavy atom. The molecule has 0 atom stereocenters. The Labute approximate surface area is 427 Å². The van der Waals surface area contributed by atoms with Crippen LogP contribution in [0.15, 0.2) is 267 Å². The summed E-state index contributed by atoms with van der Waals surface area (Å²) in [7, 11) is 0. The van der Waals surface area contributed by atoms with Crippen LogP contribution in [0, 0.1) is 0 Å². The maximum absolute atomic E-state index is 5.39. The summed E-state index contributed by atoms with van der Waals surface area (Å²) < 4.78 is 4.64. The smallest absolute Gasteiger partial charge is 0.238 e. The van der Waals surface area contributed by atoms with Crippen LogP contribution in [0.5, 0.6) is 0 Å². The maximum atomic E-state index is 5.39. The molecule has 0 aliphatic heterocycles. The van der Waals surface area contributed by atoms with Crippen LogP contribution < -0.4 is 0 Å². The van der Waals surface area contributed by atoms with Gasteiger partial charge in [0.15, 0.2) is 11.6 Å². The zero-order chi connectivity index (χ0) is 49.0. The molecule has 0 bridgehead atoms. The number of hydrogen-bond donors (Lipinski definition) is 0. The van der Waals surface area contributed by atoms with E-state index in [2.05, 4.69) is 252 Å². The molecule has 0 saturated carbocycles. The summed E-state index contributed by atoms with van der Waals surface area (Å²) in [5.41, 5.74) is 17.8. The highest BCUT2D eigenvalue weighted by atomic mass is 15.2. The molecule has 0 N–H and O–H groups in total. The van der Waals surface area contributed by atoms with Gasteiger partial charge in [0.25, 0.3) is 0 Å². The molecule has 0 aliphatic carbocycles. The van der Waals surface area contributed by atoms with Gasteiger partial charge in [-0.25, -0.2) is 9.97 Å². The molecule has 74 heavy (non-hydrogen) atoms. The second-order valence-corrected chi connectivity index (χ2v) is 18.6. The Morgan fingerprint density at radius 1 is 0.243 bits per heavy atom. The standard InChI is InChI=1S/C68H44N6/c1-5-21-45(22-6-1)49-29-19-31-51(41-49)59-44-52(43-58(69-59)47-25-9-3-10-26-47)50-30-20-32-53(42-50)73-60-37-17-15-35-56(60)64-62(73)39-40-63-65(64)57-36-16-18-38-61(57)74(63)68-71-66(48-27-11-4-12-28-48)70-67(72-68)55-34-14-13-33-54(55)46-23-7-2-8-24-46/h1-44H. The van der Waals surface area contributed by atoms with Crippen molar-refractivity contribution in [3.63, 3.8) is 0 Å². The van der Waals surface area contributed by atoms with Crippen molar-refractivity contribution in [2.24, 2.45) is 0 Å². The van der Waals surface area contributed by atoms with Gasteiger partial charge in [-0.05, 0) is 88.0 Å². The van der Waals surface area contributed by atoms with E-state index in [1.54, 1.807) is 0 Å². The Bertz CT molecular complexity index is 4410. The van der Waals surface area contributed by atoms with Crippen LogP contribution in [0.4, 0.5) is 0 Å². The van der Waals surface area contributed by atoms with Gasteiger partial charge in [-0.15, -0.1) is 0 Å². The van der Waals surface area contributed by atoms with E-state index in [0.29, 0.717) is 17.6 Å². The van der Waals surface area contributed by atoms with Gasteiger partial charge in [-0.3, -0.25) is 4.57 Å². The molecule has 0 radical (unpaired) electrons. The maximum Gasteiger partial charge on any atom is 0.238 e. The van der Waals surface area contributed by atoms with Crippen LogP contribution >= 0.6 is 0 Å². The van der Waals surface area contributed by atoms with E-state index in [0.717, 1.165) is 105 Å². The highest BCUT2D eigenvalue weighted by molar-refractivity contribution is 6.28. The topological polar surface area (TPSA) is 61.4 Å². The van der Waals surface area contributed by atoms with Crippen molar-refractivity contribution < 1.29 is 0 Å². The van der Waals surface area contributed by atoms with E-state index in [9.17, 15) is 0 Å². The Morgan fingerprint density at radius 3 is 1.39 bits per heavy atom. The van der Waals surface area contributed by atoms with Crippen LogP contribution in [0.2, 0.25) is 0 Å². The van der Waals surface area contributed by atoms with Crippen LogP contribution in [-0.2, 0) is 0 Å². The average molecular weight is 945 g/mol. The summed E-state index contributed by atoms with van der Waals surface area (Å²) in [6.45, 7) is 0. The molecule has 0 aliphatic rings. The lowest BCUT2D eigenvalue weighted by Crippen LogP contribution is -2.06. The summed E-state index contributed by atoms with van der Waals surface area (Å²) in [6.07, 6.45) is 0. The lowest BCUT2D eigenvalue weighted by molar-refractivity contribution is 0.954. The Balaban J connectivity index is 0.959. The molecular weight excluding hydrogens is 901 g/mol. The van der Waals surface area contributed by atoms with Crippen molar-refractivity contribution in [2.45, 2.75) is 0 Å². The van der Waals surface area contributed by atoms with Crippen molar-refractivity contribution in [2.75, 3.05) is 0 Å². The molecule has 0 spiro atoms. The molecule has 0 unspecified atom stereocenters. The molecule has 4 heterocycles. The van der Waals surface area contributed by atoms with E-state index in [4.69, 9.17) is 19.9 Å². The fourth-order valence-corrected chi connectivity index (χ4v) is 10.8. The van der Waals surface area contributed by atoms with E-state index in [1.807, 2.05) is 24.3 Å². The van der Waals surface area contributed by atoms with Crippen LogP contribution in [0.3, 0.4) is 0 Å². The summed E-state index contributed by atoms with van der Waals surface area (Å²) in [5.74, 6) is 1.77. The van der Waals surface area contributed by atoms with Gasteiger partial charge in [0.2, 0.25) is 5.95 Å². The monoisotopic (exact) mass is 944 g/mol. The van der Waals surface area contributed by atoms with Crippen LogP contribution in [0.1, 0.15) is 0 Å². The minimum atomic E-state index is 0.553. The van der Waals surface area contributed by atoms with E-state index >= 15 is 0 Å². The molecule has 4 aromatic heterocycles. The van der Waals surface area contributed by atoms with Crippen molar-refractivity contribution in [3.8, 4) is 90.3 Å². The second-order valence-electron chi connectivity index (χ2n) is 18.6. The van der Waals surface area contributed by atoms with Gasteiger partial charge in [-0.1, -0.05) is 212 Å². The van der Waals surface area contributed by atoms with Gasteiger partial charge in [0.05, 0.1) is 33.5 Å². The largest absolute Gasteiger partial charge is 0.309 e. The number of rotatable bonds is 9. The number of para-hydroxylation sites is 2. The second kappa shape index (κ2) is 18.0. The summed E-state index contributed by atoms with van der Waals surface area (Å²) >= 11 is 0. The third-order valence-corrected chi connectivity index (χ3v) is 14.2. The molecule has 14 aromatic rings. The third kappa shape index (κ3) is 7.44.